The maximum absolute atomic E-state index is 12.3. The van der Waals surface area contributed by atoms with Crippen molar-refractivity contribution in [1.29, 1.82) is 0 Å². The number of amides is 1. The maximum Gasteiger partial charge on any atom is 0.232 e. The highest BCUT2D eigenvalue weighted by molar-refractivity contribution is 6.31. The fraction of sp³-hybridized carbons (Fsp3) is 0.400. The van der Waals surface area contributed by atoms with Crippen LogP contribution in [-0.2, 0) is 11.2 Å². The van der Waals surface area contributed by atoms with Crippen LogP contribution in [0.15, 0.2) is 22.7 Å². The average molecular weight is 306 g/mol. The minimum atomic E-state index is -0.0521. The normalized spacial score (nSPS) is 18.5. The van der Waals surface area contributed by atoms with E-state index in [4.69, 9.17) is 16.1 Å². The van der Waals surface area contributed by atoms with Gasteiger partial charge < -0.3 is 9.42 Å². The Morgan fingerprint density at radius 3 is 3.00 bits per heavy atom. The van der Waals surface area contributed by atoms with Crippen LogP contribution in [0.2, 0.25) is 5.02 Å². The Bertz CT molecular complexity index is 683. The lowest BCUT2D eigenvalue weighted by Gasteiger charge is -2.18. The fourth-order valence-electron chi connectivity index (χ4n) is 2.56. The van der Waals surface area contributed by atoms with Crippen molar-refractivity contribution >= 4 is 23.2 Å². The lowest BCUT2D eigenvalue weighted by atomic mass is 10.1. The van der Waals surface area contributed by atoms with Crippen molar-refractivity contribution in [3.05, 3.63) is 40.5 Å². The van der Waals surface area contributed by atoms with Gasteiger partial charge in [-0.05, 0) is 24.6 Å². The average Bonchev–Trinajstić information content (AvgIpc) is 3.08. The number of rotatable bonds is 3. The largest absolute Gasteiger partial charge is 0.339 e. The van der Waals surface area contributed by atoms with Gasteiger partial charge in [-0.3, -0.25) is 4.79 Å². The molecule has 0 radical (unpaired) electrons. The Hall–Kier alpha value is -1.88. The monoisotopic (exact) mass is 305 g/mol. The predicted molar refractivity (Wildman–Crippen MR) is 79.6 cm³/mol. The van der Waals surface area contributed by atoms with Crippen LogP contribution in [-0.4, -0.2) is 22.6 Å². The summed E-state index contributed by atoms with van der Waals surface area (Å²) in [5, 5.41) is 4.52. The van der Waals surface area contributed by atoms with Crippen molar-refractivity contribution in [1.82, 2.24) is 10.1 Å². The van der Waals surface area contributed by atoms with Crippen LogP contribution in [0.5, 0.6) is 0 Å². The van der Waals surface area contributed by atoms with Crippen LogP contribution in [0.3, 0.4) is 0 Å². The molecule has 1 aliphatic rings. The Morgan fingerprint density at radius 2 is 2.29 bits per heavy atom. The Morgan fingerprint density at radius 1 is 1.48 bits per heavy atom. The minimum Gasteiger partial charge on any atom is -0.339 e. The Labute approximate surface area is 127 Å². The molecule has 5 nitrogen and oxygen atoms in total. The van der Waals surface area contributed by atoms with Crippen LogP contribution >= 0.6 is 11.6 Å². The van der Waals surface area contributed by atoms with Gasteiger partial charge in [0.15, 0.2) is 5.82 Å². The fourth-order valence-corrected chi connectivity index (χ4v) is 2.72. The molecule has 110 valence electrons. The third-order valence-corrected chi connectivity index (χ3v) is 3.97. The lowest BCUT2D eigenvalue weighted by Crippen LogP contribution is -2.25. The van der Waals surface area contributed by atoms with Crippen LogP contribution in [0.25, 0.3) is 0 Å². The van der Waals surface area contributed by atoms with Crippen molar-refractivity contribution in [3.8, 4) is 0 Å². The van der Waals surface area contributed by atoms with Gasteiger partial charge in [-0.1, -0.05) is 29.7 Å². The second kappa shape index (κ2) is 5.48. The van der Waals surface area contributed by atoms with Crippen molar-refractivity contribution in [2.45, 2.75) is 32.6 Å². The van der Waals surface area contributed by atoms with E-state index in [0.29, 0.717) is 29.7 Å². The first-order valence-corrected chi connectivity index (χ1v) is 7.35. The van der Waals surface area contributed by atoms with E-state index in [2.05, 4.69) is 10.1 Å². The van der Waals surface area contributed by atoms with Gasteiger partial charge in [0.2, 0.25) is 11.8 Å². The maximum atomic E-state index is 12.3. The summed E-state index contributed by atoms with van der Waals surface area (Å²) in [6.45, 7) is 4.48. The highest BCUT2D eigenvalue weighted by Gasteiger charge is 2.35. The number of benzene rings is 1. The number of halogens is 1. The van der Waals surface area contributed by atoms with Crippen molar-refractivity contribution in [3.63, 3.8) is 0 Å². The molecule has 0 N–H and O–H groups in total. The Kier molecular flexibility index (Phi) is 3.68. The molecule has 2 aromatic rings. The molecule has 1 atom stereocenters. The first kappa shape index (κ1) is 14.1. The molecular formula is C15H16ClN3O2. The molecule has 6 heteroatoms. The van der Waals surface area contributed by atoms with Crippen LogP contribution in [0.1, 0.15) is 36.5 Å². The van der Waals surface area contributed by atoms with Crippen molar-refractivity contribution < 1.29 is 9.32 Å². The van der Waals surface area contributed by atoms with Crippen molar-refractivity contribution in [2.24, 2.45) is 0 Å². The van der Waals surface area contributed by atoms with E-state index in [1.54, 1.807) is 4.90 Å². The van der Waals surface area contributed by atoms with Crippen LogP contribution < -0.4 is 4.90 Å². The molecule has 1 aromatic carbocycles. The molecule has 1 aromatic heterocycles. The number of hydrogen-bond acceptors (Lipinski definition) is 4. The molecule has 2 heterocycles. The molecular weight excluding hydrogens is 290 g/mol. The van der Waals surface area contributed by atoms with Crippen molar-refractivity contribution in [2.75, 3.05) is 11.4 Å². The van der Waals surface area contributed by atoms with Gasteiger partial charge in [0.05, 0.1) is 5.92 Å². The number of aromatic nitrogens is 2. The predicted octanol–water partition coefficient (Wildman–Crippen LogP) is 3.11. The molecule has 1 unspecified atom stereocenters. The minimum absolute atomic E-state index is 0.0521. The molecule has 0 spiro atoms. The summed E-state index contributed by atoms with van der Waals surface area (Å²) < 4.78 is 5.26. The first-order valence-electron chi connectivity index (χ1n) is 6.97. The molecule has 0 bridgehead atoms. The number of nitrogens with zero attached hydrogens (tertiary/aromatic N) is 3. The van der Waals surface area contributed by atoms with E-state index in [1.807, 2.05) is 32.0 Å². The van der Waals surface area contributed by atoms with Gasteiger partial charge in [-0.2, -0.15) is 4.98 Å². The highest BCUT2D eigenvalue weighted by Crippen LogP contribution is 2.33. The number of carbonyl (C=O) groups excluding carboxylic acids is 1. The summed E-state index contributed by atoms with van der Waals surface area (Å²) in [5.74, 6) is 1.22. The Balaban J connectivity index is 1.86. The standard InChI is InChI=1S/C15H16ClN3O2/c1-3-13-17-15(21-18-13)10-6-14(20)19(8-10)12-7-11(16)5-4-9(12)2/h4-5,7,10H,3,6,8H2,1-2H3. The third kappa shape index (κ3) is 2.65. The number of carbonyl (C=O) groups is 1. The summed E-state index contributed by atoms with van der Waals surface area (Å²) in [4.78, 5) is 18.4. The zero-order chi connectivity index (χ0) is 15.0. The number of hydrogen-bond donors (Lipinski definition) is 0. The topological polar surface area (TPSA) is 59.2 Å². The number of aryl methyl sites for hydroxylation is 2. The first-order chi connectivity index (χ1) is 10.1. The SMILES string of the molecule is CCc1noc(C2CC(=O)N(c3cc(Cl)ccc3C)C2)n1. The lowest BCUT2D eigenvalue weighted by molar-refractivity contribution is -0.117. The molecule has 21 heavy (non-hydrogen) atoms. The van der Waals surface area contributed by atoms with E-state index in [0.717, 1.165) is 17.7 Å². The zero-order valence-corrected chi connectivity index (χ0v) is 12.7. The third-order valence-electron chi connectivity index (χ3n) is 3.74. The second-order valence-corrected chi connectivity index (χ2v) is 5.68. The molecule has 0 saturated carbocycles. The highest BCUT2D eigenvalue weighted by atomic mass is 35.5. The molecule has 0 aliphatic carbocycles. The van der Waals surface area contributed by atoms with Gasteiger partial charge in [0, 0.05) is 30.1 Å². The zero-order valence-electron chi connectivity index (χ0n) is 12.0. The van der Waals surface area contributed by atoms with Gasteiger partial charge in [0.1, 0.15) is 0 Å². The van der Waals surface area contributed by atoms with E-state index in [9.17, 15) is 4.79 Å². The molecule has 1 fully saturated rings. The van der Waals surface area contributed by atoms with Crippen LogP contribution in [0.4, 0.5) is 5.69 Å². The quantitative estimate of drug-likeness (QED) is 0.874. The van der Waals surface area contributed by atoms with Gasteiger partial charge in [-0.15, -0.1) is 0 Å². The summed E-state index contributed by atoms with van der Waals surface area (Å²) >= 11 is 6.04. The van der Waals surface area contributed by atoms with Gasteiger partial charge in [-0.25, -0.2) is 0 Å². The van der Waals surface area contributed by atoms with Gasteiger partial charge in [0.25, 0.3) is 0 Å². The van der Waals surface area contributed by atoms with E-state index in [-0.39, 0.29) is 11.8 Å². The molecule has 1 amide bonds. The smallest absolute Gasteiger partial charge is 0.232 e. The van der Waals surface area contributed by atoms with E-state index >= 15 is 0 Å². The molecule has 1 aliphatic heterocycles. The number of anilines is 1. The second-order valence-electron chi connectivity index (χ2n) is 5.24. The van der Waals surface area contributed by atoms with E-state index in [1.165, 1.54) is 0 Å². The van der Waals surface area contributed by atoms with E-state index < -0.39 is 0 Å². The summed E-state index contributed by atoms with van der Waals surface area (Å²) in [6, 6.07) is 5.56. The summed E-state index contributed by atoms with van der Waals surface area (Å²) in [7, 11) is 0. The summed E-state index contributed by atoms with van der Waals surface area (Å²) in [5.41, 5.74) is 1.87. The summed E-state index contributed by atoms with van der Waals surface area (Å²) in [6.07, 6.45) is 1.11. The molecule has 3 rings (SSSR count). The van der Waals surface area contributed by atoms with Crippen LogP contribution in [0, 0.1) is 6.92 Å². The molecule has 1 saturated heterocycles. The van der Waals surface area contributed by atoms with Gasteiger partial charge >= 0.3 is 0 Å².